The van der Waals surface area contributed by atoms with Crippen LogP contribution in [0.4, 0.5) is 4.39 Å². The van der Waals surface area contributed by atoms with Gasteiger partial charge in [-0.3, -0.25) is 4.21 Å². The maximum atomic E-state index is 13.9. The molecular weight excluding hydrogens is 575 g/mol. The first-order valence-electron chi connectivity index (χ1n) is 11.0. The van der Waals surface area contributed by atoms with E-state index in [9.17, 15) is 21.6 Å². The molecule has 0 fully saturated rings. The number of hydrogen-bond acceptors (Lipinski definition) is 9. The molecule has 0 amide bonds. The highest BCUT2D eigenvalue weighted by Crippen LogP contribution is 2.38. The second-order valence-electron chi connectivity index (χ2n) is 8.16. The maximum Gasteiger partial charge on any atom is 0.241 e. The molecule has 2 atom stereocenters. The summed E-state index contributed by atoms with van der Waals surface area (Å²) in [7, 11) is -3.98. The SMILES string of the molecule is O=S([O-])NCc1nnc(C(c2nc3ccc(-c4cc(F)cc(Cl)c4)cc3s2)S(=O)(=O)Cc2ccccc2)o1. The molecule has 2 unspecified atom stereocenters. The number of thiazole rings is 1. The van der Waals surface area contributed by atoms with Crippen molar-refractivity contribution in [2.75, 3.05) is 0 Å². The Balaban J connectivity index is 1.57. The van der Waals surface area contributed by atoms with Gasteiger partial charge in [0.15, 0.2) is 15.1 Å². The Labute approximate surface area is 228 Å². The smallest absolute Gasteiger partial charge is 0.241 e. The summed E-state index contributed by atoms with van der Waals surface area (Å²) in [5.41, 5.74) is 2.32. The summed E-state index contributed by atoms with van der Waals surface area (Å²) in [6.07, 6.45) is 0. The lowest BCUT2D eigenvalue weighted by Crippen LogP contribution is -2.17. The van der Waals surface area contributed by atoms with E-state index in [2.05, 4.69) is 19.9 Å². The molecule has 9 nitrogen and oxygen atoms in total. The highest BCUT2D eigenvalue weighted by molar-refractivity contribution is 7.91. The van der Waals surface area contributed by atoms with Crippen LogP contribution in [0.1, 0.15) is 27.6 Å². The van der Waals surface area contributed by atoms with Crippen molar-refractivity contribution in [3.63, 3.8) is 0 Å². The van der Waals surface area contributed by atoms with Gasteiger partial charge in [-0.15, -0.1) is 21.5 Å². The zero-order valence-electron chi connectivity index (χ0n) is 19.2. The van der Waals surface area contributed by atoms with Crippen molar-refractivity contribution in [1.29, 1.82) is 0 Å². The van der Waals surface area contributed by atoms with E-state index in [-0.39, 0.29) is 34.1 Å². The third-order valence-corrected chi connectivity index (χ3v) is 9.15. The Morgan fingerprint density at radius 1 is 1.08 bits per heavy atom. The van der Waals surface area contributed by atoms with E-state index < -0.39 is 32.2 Å². The molecule has 2 heterocycles. The number of fused-ring (bicyclic) bond motifs is 1. The van der Waals surface area contributed by atoms with Crippen LogP contribution >= 0.6 is 22.9 Å². The molecule has 38 heavy (non-hydrogen) atoms. The average Bonchev–Trinajstić information content (AvgIpc) is 3.49. The van der Waals surface area contributed by atoms with Gasteiger partial charge in [-0.25, -0.2) is 22.5 Å². The Morgan fingerprint density at radius 2 is 1.87 bits per heavy atom. The van der Waals surface area contributed by atoms with Gasteiger partial charge in [0.05, 0.1) is 22.5 Å². The maximum absolute atomic E-state index is 13.9. The van der Waals surface area contributed by atoms with E-state index >= 15 is 0 Å². The number of aromatic nitrogens is 3. The molecule has 2 aromatic heterocycles. The fourth-order valence-electron chi connectivity index (χ4n) is 3.82. The largest absolute Gasteiger partial charge is 0.760 e. The minimum Gasteiger partial charge on any atom is -0.760 e. The molecule has 0 bridgehead atoms. The summed E-state index contributed by atoms with van der Waals surface area (Å²) in [5.74, 6) is -1.13. The van der Waals surface area contributed by atoms with E-state index in [0.717, 1.165) is 11.3 Å². The van der Waals surface area contributed by atoms with Crippen LogP contribution in [0, 0.1) is 5.82 Å². The minimum absolute atomic E-state index is 0.101. The third kappa shape index (κ3) is 5.98. The van der Waals surface area contributed by atoms with Crippen molar-refractivity contribution in [3.8, 4) is 11.1 Å². The second-order valence-corrected chi connectivity index (χ2v) is 12.5. The molecule has 0 aliphatic carbocycles. The quantitative estimate of drug-likeness (QED) is 0.243. The van der Waals surface area contributed by atoms with Crippen LogP contribution in [-0.2, 0) is 33.4 Å². The van der Waals surface area contributed by atoms with Crippen molar-refractivity contribution in [2.45, 2.75) is 17.5 Å². The number of sulfone groups is 1. The van der Waals surface area contributed by atoms with Crippen LogP contribution in [0.3, 0.4) is 0 Å². The van der Waals surface area contributed by atoms with E-state index in [1.165, 1.54) is 12.1 Å². The average molecular weight is 592 g/mol. The summed E-state index contributed by atoms with van der Waals surface area (Å²) in [5, 5.41) is 6.75. The van der Waals surface area contributed by atoms with Crippen LogP contribution in [0.25, 0.3) is 21.3 Å². The lowest BCUT2D eigenvalue weighted by atomic mass is 10.1. The monoisotopic (exact) mass is 591 g/mol. The third-order valence-electron chi connectivity index (χ3n) is 5.44. The molecular formula is C24H17ClFN4O5S3-. The van der Waals surface area contributed by atoms with E-state index in [0.29, 0.717) is 26.9 Å². The van der Waals surface area contributed by atoms with Crippen molar-refractivity contribution in [2.24, 2.45) is 0 Å². The van der Waals surface area contributed by atoms with Crippen LogP contribution in [0.2, 0.25) is 5.02 Å². The summed E-state index contributed by atoms with van der Waals surface area (Å²) >= 11 is 4.57. The van der Waals surface area contributed by atoms with E-state index in [1.807, 2.05) is 0 Å². The van der Waals surface area contributed by atoms with Gasteiger partial charge < -0.3 is 8.97 Å². The molecule has 0 aliphatic rings. The van der Waals surface area contributed by atoms with Crippen molar-refractivity contribution in [1.82, 2.24) is 19.9 Å². The lowest BCUT2D eigenvalue weighted by Gasteiger charge is -2.12. The molecule has 0 radical (unpaired) electrons. The van der Waals surface area contributed by atoms with Gasteiger partial charge in [0.2, 0.25) is 11.8 Å². The molecule has 14 heteroatoms. The Morgan fingerprint density at radius 3 is 2.61 bits per heavy atom. The summed E-state index contributed by atoms with van der Waals surface area (Å²) in [4.78, 5) is 4.55. The van der Waals surface area contributed by atoms with Gasteiger partial charge in [0, 0.05) is 16.3 Å². The van der Waals surface area contributed by atoms with Crippen LogP contribution < -0.4 is 4.72 Å². The first kappa shape index (κ1) is 26.5. The van der Waals surface area contributed by atoms with Gasteiger partial charge >= 0.3 is 0 Å². The lowest BCUT2D eigenvalue weighted by molar-refractivity contribution is 0.440. The molecule has 0 spiro atoms. The number of nitrogens with zero attached hydrogens (tertiary/aromatic N) is 3. The fraction of sp³-hybridized carbons (Fsp3) is 0.125. The Bertz CT molecular complexity index is 1720. The molecule has 1 N–H and O–H groups in total. The van der Waals surface area contributed by atoms with Crippen molar-refractivity contribution in [3.05, 3.63) is 99.9 Å². The second kappa shape index (κ2) is 11.0. The molecule has 196 valence electrons. The number of benzene rings is 3. The van der Waals surface area contributed by atoms with E-state index in [1.54, 1.807) is 54.6 Å². The molecule has 0 saturated carbocycles. The first-order valence-corrected chi connectivity index (χ1v) is 14.9. The predicted octanol–water partition coefficient (Wildman–Crippen LogP) is 4.73. The summed E-state index contributed by atoms with van der Waals surface area (Å²) < 4.78 is 71.3. The van der Waals surface area contributed by atoms with Gasteiger partial charge in [-0.1, -0.05) is 48.0 Å². The van der Waals surface area contributed by atoms with E-state index in [4.69, 9.17) is 16.0 Å². The minimum atomic E-state index is -3.98. The summed E-state index contributed by atoms with van der Waals surface area (Å²) in [6, 6.07) is 18.0. The van der Waals surface area contributed by atoms with Crippen molar-refractivity contribution < 1.29 is 26.0 Å². The molecule has 5 rings (SSSR count). The first-order chi connectivity index (χ1) is 18.2. The van der Waals surface area contributed by atoms with Crippen molar-refractivity contribution >= 4 is 54.3 Å². The number of hydrogen-bond donors (Lipinski definition) is 1. The fourth-order valence-corrected chi connectivity index (χ4v) is 7.44. The Hall–Kier alpha value is -3.07. The zero-order chi connectivity index (χ0) is 26.9. The van der Waals surface area contributed by atoms with Crippen LogP contribution in [0.15, 0.2) is 71.1 Å². The number of nitrogens with one attached hydrogen (secondary N) is 1. The van der Waals surface area contributed by atoms with Crippen LogP contribution in [-0.4, -0.2) is 32.4 Å². The van der Waals surface area contributed by atoms with Gasteiger partial charge in [-0.2, -0.15) is 0 Å². The highest BCUT2D eigenvalue weighted by Gasteiger charge is 2.37. The molecule has 5 aromatic rings. The standard InChI is InChI=1S/C24H18ClFN4O5S3/c25-17-8-16(9-18(26)11-17)15-6-7-19-20(10-15)36-24(28-19)22(23-30-29-21(35-23)12-27-37(31)32)38(33,34)13-14-4-2-1-3-5-14/h1-11,22,27H,12-13H2,(H,31,32)/p-1. The molecule has 3 aromatic carbocycles. The highest BCUT2D eigenvalue weighted by atomic mass is 35.5. The number of halogens is 2. The molecule has 0 aliphatic heterocycles. The topological polar surface area (TPSA) is 138 Å². The van der Waals surface area contributed by atoms with Gasteiger partial charge in [0.25, 0.3) is 0 Å². The van der Waals surface area contributed by atoms with Gasteiger partial charge in [0.1, 0.15) is 10.8 Å². The van der Waals surface area contributed by atoms with Gasteiger partial charge in [-0.05, 0) is 47.0 Å². The predicted molar refractivity (Wildman–Crippen MR) is 141 cm³/mol. The van der Waals surface area contributed by atoms with Crippen LogP contribution in [0.5, 0.6) is 0 Å². The Kier molecular flexibility index (Phi) is 7.66. The number of rotatable bonds is 9. The molecule has 0 saturated heterocycles. The summed E-state index contributed by atoms with van der Waals surface area (Å²) in [6.45, 7) is -0.298. The normalized spacial score (nSPS) is 13.6. The zero-order valence-corrected chi connectivity index (χ0v) is 22.4.